The number of benzene rings is 2. The van der Waals surface area contributed by atoms with Crippen molar-refractivity contribution in [2.75, 3.05) is 17.7 Å². The van der Waals surface area contributed by atoms with Gasteiger partial charge in [0.25, 0.3) is 5.91 Å². The van der Waals surface area contributed by atoms with E-state index in [1.807, 2.05) is 19.9 Å². The summed E-state index contributed by atoms with van der Waals surface area (Å²) in [6.45, 7) is 4.31. The summed E-state index contributed by atoms with van der Waals surface area (Å²) in [7, 11) is 0. The molecule has 4 nitrogen and oxygen atoms in total. The van der Waals surface area contributed by atoms with E-state index in [9.17, 15) is 9.18 Å². The van der Waals surface area contributed by atoms with Crippen LogP contribution in [0.25, 0.3) is 0 Å². The predicted molar refractivity (Wildman–Crippen MR) is 81.1 cm³/mol. The highest BCUT2D eigenvalue weighted by atomic mass is 19.1. The van der Waals surface area contributed by atoms with Crippen LogP contribution in [-0.4, -0.2) is 12.5 Å². The molecular formula is C16H17FN2O2. The van der Waals surface area contributed by atoms with Crippen LogP contribution in [0.2, 0.25) is 0 Å². The first-order valence-electron chi connectivity index (χ1n) is 6.61. The summed E-state index contributed by atoms with van der Waals surface area (Å²) in [6, 6.07) is 9.28. The summed E-state index contributed by atoms with van der Waals surface area (Å²) in [6.07, 6.45) is 0. The molecule has 0 aliphatic rings. The summed E-state index contributed by atoms with van der Waals surface area (Å²) >= 11 is 0. The fourth-order valence-electron chi connectivity index (χ4n) is 1.94. The number of nitrogen functional groups attached to an aromatic ring is 1. The highest BCUT2D eigenvalue weighted by Gasteiger charge is 2.13. The van der Waals surface area contributed by atoms with Crippen molar-refractivity contribution >= 4 is 17.3 Å². The van der Waals surface area contributed by atoms with Crippen molar-refractivity contribution in [3.05, 3.63) is 53.3 Å². The van der Waals surface area contributed by atoms with Gasteiger partial charge in [0.15, 0.2) is 0 Å². The molecule has 2 aromatic rings. The van der Waals surface area contributed by atoms with E-state index in [-0.39, 0.29) is 11.3 Å². The molecule has 0 atom stereocenters. The van der Waals surface area contributed by atoms with Gasteiger partial charge in [-0.05, 0) is 55.8 Å². The molecular weight excluding hydrogens is 271 g/mol. The van der Waals surface area contributed by atoms with E-state index in [0.29, 0.717) is 12.3 Å². The Morgan fingerprint density at radius 3 is 2.67 bits per heavy atom. The summed E-state index contributed by atoms with van der Waals surface area (Å²) in [5, 5.41) is 2.68. The Morgan fingerprint density at radius 2 is 2.05 bits per heavy atom. The molecule has 1 amide bonds. The molecule has 0 aliphatic carbocycles. The van der Waals surface area contributed by atoms with Gasteiger partial charge in [0.2, 0.25) is 0 Å². The number of aryl methyl sites for hydroxylation is 1. The van der Waals surface area contributed by atoms with Crippen LogP contribution in [0.5, 0.6) is 5.75 Å². The van der Waals surface area contributed by atoms with Crippen molar-refractivity contribution in [2.45, 2.75) is 13.8 Å². The predicted octanol–water partition coefficient (Wildman–Crippen LogP) is 3.37. The minimum absolute atomic E-state index is 0.0440. The Labute approximate surface area is 122 Å². The first-order chi connectivity index (χ1) is 10.0. The molecule has 0 spiro atoms. The minimum Gasteiger partial charge on any atom is -0.494 e. The average molecular weight is 288 g/mol. The van der Waals surface area contributed by atoms with Gasteiger partial charge in [-0.25, -0.2) is 4.39 Å². The fraction of sp³-hybridized carbons (Fsp3) is 0.188. The third-order valence-electron chi connectivity index (χ3n) is 2.99. The van der Waals surface area contributed by atoms with E-state index in [0.717, 1.165) is 17.4 Å². The topological polar surface area (TPSA) is 64.3 Å². The van der Waals surface area contributed by atoms with E-state index in [4.69, 9.17) is 10.5 Å². The Balaban J connectivity index is 2.19. The van der Waals surface area contributed by atoms with E-state index in [2.05, 4.69) is 5.32 Å². The van der Waals surface area contributed by atoms with Crippen molar-refractivity contribution in [1.82, 2.24) is 0 Å². The van der Waals surface area contributed by atoms with Crippen molar-refractivity contribution in [3.8, 4) is 5.75 Å². The number of hydrogen-bond acceptors (Lipinski definition) is 3. The van der Waals surface area contributed by atoms with Crippen molar-refractivity contribution in [1.29, 1.82) is 0 Å². The number of ether oxygens (including phenoxy) is 1. The van der Waals surface area contributed by atoms with Crippen LogP contribution in [0.1, 0.15) is 22.8 Å². The molecule has 3 N–H and O–H groups in total. The molecule has 0 bridgehead atoms. The summed E-state index contributed by atoms with van der Waals surface area (Å²) in [4.78, 5) is 12.1. The van der Waals surface area contributed by atoms with Gasteiger partial charge >= 0.3 is 0 Å². The summed E-state index contributed by atoms with van der Waals surface area (Å²) in [5.74, 6) is -0.428. The Morgan fingerprint density at radius 1 is 1.29 bits per heavy atom. The minimum atomic E-state index is -0.643. The quantitative estimate of drug-likeness (QED) is 0.848. The summed E-state index contributed by atoms with van der Waals surface area (Å²) < 4.78 is 19.1. The summed E-state index contributed by atoms with van der Waals surface area (Å²) in [5.41, 5.74) is 7.15. The molecule has 21 heavy (non-hydrogen) atoms. The maximum Gasteiger partial charge on any atom is 0.258 e. The van der Waals surface area contributed by atoms with E-state index >= 15 is 0 Å². The highest BCUT2D eigenvalue weighted by Crippen LogP contribution is 2.22. The number of nitrogens with two attached hydrogens (primary N) is 1. The van der Waals surface area contributed by atoms with Crippen LogP contribution < -0.4 is 15.8 Å². The SMILES string of the molecule is CCOc1ccc(NC(=O)c2ccc(N)cc2F)c(C)c1. The molecule has 2 rings (SSSR count). The zero-order valence-electron chi connectivity index (χ0n) is 11.9. The maximum absolute atomic E-state index is 13.7. The second-order valence-electron chi connectivity index (χ2n) is 4.60. The third-order valence-corrected chi connectivity index (χ3v) is 2.99. The lowest BCUT2D eigenvalue weighted by Crippen LogP contribution is -2.14. The largest absolute Gasteiger partial charge is 0.494 e. The zero-order valence-corrected chi connectivity index (χ0v) is 11.9. The molecule has 0 unspecified atom stereocenters. The molecule has 0 aromatic heterocycles. The zero-order chi connectivity index (χ0) is 15.4. The third kappa shape index (κ3) is 3.51. The highest BCUT2D eigenvalue weighted by molar-refractivity contribution is 6.05. The van der Waals surface area contributed by atoms with Crippen molar-refractivity contribution in [2.24, 2.45) is 0 Å². The number of carbonyl (C=O) groups is 1. The Hall–Kier alpha value is -2.56. The lowest BCUT2D eigenvalue weighted by atomic mass is 10.1. The Kier molecular flexibility index (Phi) is 4.42. The van der Waals surface area contributed by atoms with Crippen LogP contribution in [0.3, 0.4) is 0 Å². The van der Waals surface area contributed by atoms with Crippen molar-refractivity contribution in [3.63, 3.8) is 0 Å². The molecule has 0 radical (unpaired) electrons. The fourth-order valence-corrected chi connectivity index (χ4v) is 1.94. The van der Waals surface area contributed by atoms with Gasteiger partial charge in [-0.2, -0.15) is 0 Å². The molecule has 2 aromatic carbocycles. The van der Waals surface area contributed by atoms with Gasteiger partial charge in [-0.3, -0.25) is 4.79 Å². The van der Waals surface area contributed by atoms with Crippen LogP contribution in [0.15, 0.2) is 36.4 Å². The molecule has 0 aliphatic heterocycles. The molecule has 0 heterocycles. The second kappa shape index (κ2) is 6.26. The normalized spacial score (nSPS) is 10.2. The van der Waals surface area contributed by atoms with Crippen LogP contribution >= 0.6 is 0 Å². The molecule has 5 heteroatoms. The second-order valence-corrected chi connectivity index (χ2v) is 4.60. The first-order valence-corrected chi connectivity index (χ1v) is 6.61. The number of halogens is 1. The van der Waals surface area contributed by atoms with Gasteiger partial charge in [-0.15, -0.1) is 0 Å². The molecule has 0 saturated heterocycles. The van der Waals surface area contributed by atoms with Crippen LogP contribution in [-0.2, 0) is 0 Å². The van der Waals surface area contributed by atoms with Crippen LogP contribution in [0.4, 0.5) is 15.8 Å². The standard InChI is InChI=1S/C16H17FN2O2/c1-3-21-12-5-7-15(10(2)8-12)19-16(20)13-6-4-11(18)9-14(13)17/h4-9H,3,18H2,1-2H3,(H,19,20). The van der Waals surface area contributed by atoms with Gasteiger partial charge in [0.1, 0.15) is 11.6 Å². The Bertz CT molecular complexity index is 671. The lowest BCUT2D eigenvalue weighted by Gasteiger charge is -2.11. The maximum atomic E-state index is 13.7. The smallest absolute Gasteiger partial charge is 0.258 e. The van der Waals surface area contributed by atoms with Gasteiger partial charge in [-0.1, -0.05) is 0 Å². The number of rotatable bonds is 4. The van der Waals surface area contributed by atoms with Crippen molar-refractivity contribution < 1.29 is 13.9 Å². The lowest BCUT2D eigenvalue weighted by molar-refractivity contribution is 0.102. The average Bonchev–Trinajstić information content (AvgIpc) is 2.42. The van der Waals surface area contributed by atoms with Gasteiger partial charge < -0.3 is 15.8 Å². The first kappa shape index (κ1) is 14.8. The van der Waals surface area contributed by atoms with E-state index < -0.39 is 11.7 Å². The van der Waals surface area contributed by atoms with Crippen LogP contribution in [0, 0.1) is 12.7 Å². The van der Waals surface area contributed by atoms with Gasteiger partial charge in [0, 0.05) is 11.4 Å². The van der Waals surface area contributed by atoms with Gasteiger partial charge in [0.05, 0.1) is 12.2 Å². The number of carbonyl (C=O) groups excluding carboxylic acids is 1. The monoisotopic (exact) mass is 288 g/mol. The number of hydrogen-bond donors (Lipinski definition) is 2. The number of amides is 1. The number of anilines is 2. The molecule has 110 valence electrons. The van der Waals surface area contributed by atoms with E-state index in [1.54, 1.807) is 12.1 Å². The molecule has 0 fully saturated rings. The van der Waals surface area contributed by atoms with E-state index in [1.165, 1.54) is 12.1 Å². The number of nitrogens with one attached hydrogen (secondary N) is 1. The molecule has 0 saturated carbocycles.